The summed E-state index contributed by atoms with van der Waals surface area (Å²) >= 11 is 0. The van der Waals surface area contributed by atoms with Crippen molar-refractivity contribution in [2.24, 2.45) is 4.99 Å². The monoisotopic (exact) mass is 529 g/mol. The molecule has 1 unspecified atom stereocenters. The van der Waals surface area contributed by atoms with E-state index in [-0.39, 0.29) is 35.8 Å². The topological polar surface area (TPSA) is 71.0 Å². The molecule has 164 valence electrons. The molecule has 7 nitrogen and oxygen atoms in total. The molecule has 0 spiro atoms. The Labute approximate surface area is 194 Å². The van der Waals surface area contributed by atoms with Gasteiger partial charge in [0, 0.05) is 38.9 Å². The molecular weight excluding hydrogens is 500 g/mol. The van der Waals surface area contributed by atoms with E-state index in [1.165, 1.54) is 6.07 Å². The number of benzene rings is 1. The Hall–Kier alpha value is -2.30. The number of rotatable bonds is 7. The molecule has 9 heteroatoms. The lowest BCUT2D eigenvalue weighted by Gasteiger charge is -2.20. The van der Waals surface area contributed by atoms with Crippen LogP contribution in [0.25, 0.3) is 0 Å². The average molecular weight is 529 g/mol. The Balaban J connectivity index is 0.00000320. The van der Waals surface area contributed by atoms with Gasteiger partial charge in [0.2, 0.25) is 0 Å². The number of hydrogen-bond acceptors (Lipinski definition) is 5. The Bertz CT molecular complexity index is 852. The van der Waals surface area contributed by atoms with E-state index in [2.05, 4.69) is 20.6 Å². The highest BCUT2D eigenvalue weighted by Crippen LogP contribution is 2.28. The predicted octanol–water partition coefficient (Wildman–Crippen LogP) is 3.19. The molecule has 1 aromatic carbocycles. The third-order valence-electron chi connectivity index (χ3n) is 4.78. The molecule has 3 rings (SSSR count). The lowest BCUT2D eigenvalue weighted by Crippen LogP contribution is -2.44. The molecule has 2 N–H and O–H groups in total. The molecule has 0 bridgehead atoms. The first-order valence-corrected chi connectivity index (χ1v) is 9.77. The summed E-state index contributed by atoms with van der Waals surface area (Å²) in [6.45, 7) is 4.53. The SMILES string of the molecule is CCOc1cc(CNC(=NC)NC2CCN(c3ncccc3F)C2)ccc1OC.I. The van der Waals surface area contributed by atoms with Crippen molar-refractivity contribution in [2.45, 2.75) is 25.9 Å². The number of ether oxygens (including phenoxy) is 2. The van der Waals surface area contributed by atoms with Crippen LogP contribution in [0.4, 0.5) is 10.2 Å². The van der Waals surface area contributed by atoms with Gasteiger partial charge in [-0.05, 0) is 43.2 Å². The van der Waals surface area contributed by atoms with Gasteiger partial charge in [-0.1, -0.05) is 6.07 Å². The Morgan fingerprint density at radius 2 is 2.17 bits per heavy atom. The second-order valence-electron chi connectivity index (χ2n) is 6.73. The first kappa shape index (κ1) is 24.0. The molecule has 30 heavy (non-hydrogen) atoms. The zero-order chi connectivity index (χ0) is 20.6. The van der Waals surface area contributed by atoms with Crippen molar-refractivity contribution in [3.05, 3.63) is 47.9 Å². The fourth-order valence-electron chi connectivity index (χ4n) is 3.35. The Morgan fingerprint density at radius 1 is 1.33 bits per heavy atom. The molecule has 1 aromatic heterocycles. The average Bonchev–Trinajstić information content (AvgIpc) is 3.20. The van der Waals surface area contributed by atoms with Gasteiger partial charge in [-0.25, -0.2) is 9.37 Å². The number of guanidine groups is 1. The number of aromatic nitrogens is 1. The van der Waals surface area contributed by atoms with Crippen LogP contribution in [-0.4, -0.2) is 50.8 Å². The van der Waals surface area contributed by atoms with Gasteiger partial charge in [-0.2, -0.15) is 0 Å². The van der Waals surface area contributed by atoms with E-state index in [9.17, 15) is 4.39 Å². The zero-order valence-electron chi connectivity index (χ0n) is 17.5. The fraction of sp³-hybridized carbons (Fsp3) is 0.429. The number of nitrogens with zero attached hydrogens (tertiary/aromatic N) is 3. The number of pyridine rings is 1. The highest BCUT2D eigenvalue weighted by molar-refractivity contribution is 14.0. The van der Waals surface area contributed by atoms with Crippen LogP contribution in [-0.2, 0) is 6.54 Å². The summed E-state index contributed by atoms with van der Waals surface area (Å²) in [4.78, 5) is 10.4. The quantitative estimate of drug-likeness (QED) is 0.326. The van der Waals surface area contributed by atoms with Gasteiger partial charge in [-0.3, -0.25) is 4.99 Å². The molecule has 1 aliphatic heterocycles. The van der Waals surface area contributed by atoms with Crippen LogP contribution < -0.4 is 25.0 Å². The summed E-state index contributed by atoms with van der Waals surface area (Å²) < 4.78 is 24.9. The third-order valence-corrected chi connectivity index (χ3v) is 4.78. The largest absolute Gasteiger partial charge is 0.493 e. The lowest BCUT2D eigenvalue weighted by molar-refractivity contribution is 0.310. The maximum Gasteiger partial charge on any atom is 0.191 e. The molecule has 0 radical (unpaired) electrons. The van der Waals surface area contributed by atoms with E-state index in [4.69, 9.17) is 9.47 Å². The van der Waals surface area contributed by atoms with Crippen LogP contribution in [0.3, 0.4) is 0 Å². The summed E-state index contributed by atoms with van der Waals surface area (Å²) in [6, 6.07) is 9.06. The van der Waals surface area contributed by atoms with Crippen LogP contribution in [0, 0.1) is 5.82 Å². The van der Waals surface area contributed by atoms with Gasteiger partial charge in [0.1, 0.15) is 0 Å². The molecule has 2 aromatic rings. The maximum atomic E-state index is 14.0. The van der Waals surface area contributed by atoms with Crippen LogP contribution in [0.5, 0.6) is 11.5 Å². The molecule has 0 amide bonds. The normalized spacial score (nSPS) is 16.1. The minimum atomic E-state index is -0.291. The molecular formula is C21H29FIN5O2. The number of halogens is 2. The predicted molar refractivity (Wildman–Crippen MR) is 128 cm³/mol. The third kappa shape index (κ3) is 6.10. The van der Waals surface area contributed by atoms with Crippen LogP contribution >= 0.6 is 24.0 Å². The van der Waals surface area contributed by atoms with Gasteiger partial charge < -0.3 is 25.0 Å². The van der Waals surface area contributed by atoms with Crippen molar-refractivity contribution in [2.75, 3.05) is 38.8 Å². The van der Waals surface area contributed by atoms with Gasteiger partial charge >= 0.3 is 0 Å². The summed E-state index contributed by atoms with van der Waals surface area (Å²) in [7, 11) is 3.36. The highest BCUT2D eigenvalue weighted by Gasteiger charge is 2.25. The molecule has 1 aliphatic rings. The Kier molecular flexibility index (Phi) is 9.41. The van der Waals surface area contributed by atoms with Crippen LogP contribution in [0.15, 0.2) is 41.5 Å². The standard InChI is InChI=1S/C21H28FN5O2.HI/c1-4-29-19-12-15(7-8-18(19)28-3)13-25-21(23-2)26-16-9-11-27(14-16)20-17(22)6-5-10-24-20;/h5-8,10,12,16H,4,9,11,13-14H2,1-3H3,(H2,23,25,26);1H. The Morgan fingerprint density at radius 3 is 2.87 bits per heavy atom. The number of hydrogen-bond donors (Lipinski definition) is 2. The highest BCUT2D eigenvalue weighted by atomic mass is 127. The second kappa shape index (κ2) is 11.8. The van der Waals surface area contributed by atoms with Crippen LogP contribution in [0.2, 0.25) is 0 Å². The minimum absolute atomic E-state index is 0. The van der Waals surface area contributed by atoms with Crippen LogP contribution in [0.1, 0.15) is 18.9 Å². The summed E-state index contributed by atoms with van der Waals surface area (Å²) in [5, 5.41) is 6.73. The van der Waals surface area contributed by atoms with Gasteiger partial charge in [0.05, 0.1) is 13.7 Å². The van der Waals surface area contributed by atoms with Crippen molar-refractivity contribution < 1.29 is 13.9 Å². The van der Waals surface area contributed by atoms with Gasteiger partial charge in [-0.15, -0.1) is 24.0 Å². The smallest absolute Gasteiger partial charge is 0.191 e. The maximum absolute atomic E-state index is 14.0. The number of nitrogens with one attached hydrogen (secondary N) is 2. The van der Waals surface area contributed by atoms with Crippen molar-refractivity contribution in [1.29, 1.82) is 0 Å². The first-order valence-electron chi connectivity index (χ1n) is 9.77. The summed E-state index contributed by atoms with van der Waals surface area (Å²) in [5.41, 5.74) is 1.06. The number of anilines is 1. The van der Waals surface area contributed by atoms with Gasteiger partial charge in [0.15, 0.2) is 29.1 Å². The molecule has 1 saturated heterocycles. The number of aliphatic imine (C=N–C) groups is 1. The molecule has 1 atom stereocenters. The van der Waals surface area contributed by atoms with E-state index >= 15 is 0 Å². The molecule has 0 saturated carbocycles. The second-order valence-corrected chi connectivity index (χ2v) is 6.73. The minimum Gasteiger partial charge on any atom is -0.493 e. The van der Waals surface area contributed by atoms with E-state index < -0.39 is 0 Å². The van der Waals surface area contributed by atoms with Crippen molar-refractivity contribution in [3.63, 3.8) is 0 Å². The van der Waals surface area contributed by atoms with Crippen molar-refractivity contribution in [1.82, 2.24) is 15.6 Å². The first-order chi connectivity index (χ1) is 14.1. The van der Waals surface area contributed by atoms with E-state index in [0.717, 1.165) is 24.3 Å². The molecule has 1 fully saturated rings. The van der Waals surface area contributed by atoms with E-state index in [1.807, 2.05) is 30.0 Å². The van der Waals surface area contributed by atoms with Crippen molar-refractivity contribution in [3.8, 4) is 11.5 Å². The number of methoxy groups -OCH3 is 1. The van der Waals surface area contributed by atoms with Gasteiger partial charge in [0.25, 0.3) is 0 Å². The molecule has 0 aliphatic carbocycles. The summed E-state index contributed by atoms with van der Waals surface area (Å²) in [5.74, 6) is 2.25. The fourth-order valence-corrected chi connectivity index (χ4v) is 3.35. The van der Waals surface area contributed by atoms with E-state index in [1.54, 1.807) is 26.4 Å². The zero-order valence-corrected chi connectivity index (χ0v) is 19.9. The van der Waals surface area contributed by atoms with E-state index in [0.29, 0.717) is 37.2 Å². The molecule has 2 heterocycles. The summed E-state index contributed by atoms with van der Waals surface area (Å²) in [6.07, 6.45) is 2.50. The lowest BCUT2D eigenvalue weighted by atomic mass is 10.2. The van der Waals surface area contributed by atoms with Crippen molar-refractivity contribution >= 4 is 35.8 Å².